The molecule has 7 heteroatoms. The summed E-state index contributed by atoms with van der Waals surface area (Å²) in [6.07, 6.45) is 5.87. The van der Waals surface area contributed by atoms with Gasteiger partial charge in [-0.15, -0.1) is 0 Å². The van der Waals surface area contributed by atoms with Crippen molar-refractivity contribution in [3.8, 4) is 0 Å². The highest BCUT2D eigenvalue weighted by Gasteiger charge is 2.66. The molecule has 7 nitrogen and oxygen atoms in total. The van der Waals surface area contributed by atoms with E-state index in [1.54, 1.807) is 12.4 Å². The molecule has 1 aliphatic heterocycles. The fourth-order valence-electron chi connectivity index (χ4n) is 4.12. The minimum Gasteiger partial charge on any atom is -0.412 e. The number of likely N-dealkylation sites (tertiary alicyclic amines) is 1. The molecule has 4 N–H and O–H groups in total. The molecule has 0 spiro atoms. The van der Waals surface area contributed by atoms with E-state index in [1.165, 1.54) is 6.20 Å². The van der Waals surface area contributed by atoms with Crippen molar-refractivity contribution in [1.29, 1.82) is 0 Å². The predicted octanol–water partition coefficient (Wildman–Crippen LogP) is 1.09. The van der Waals surface area contributed by atoms with Crippen LogP contribution in [0.2, 0.25) is 0 Å². The van der Waals surface area contributed by atoms with Gasteiger partial charge in [-0.1, -0.05) is 27.4 Å². The number of imidazole rings is 1. The Hall–Kier alpha value is -1.99. The van der Waals surface area contributed by atoms with Crippen molar-refractivity contribution < 1.29 is 17.2 Å². The highest BCUT2D eigenvalue weighted by atomic mass is 16.2. The molecule has 24 heavy (non-hydrogen) atoms. The maximum absolute atomic E-state index is 12.8. The number of fused-ring (bicyclic) bond motifs is 1. The maximum Gasteiger partial charge on any atom is 0.274 e. The third-order valence-electron chi connectivity index (χ3n) is 5.45. The van der Waals surface area contributed by atoms with Crippen LogP contribution in [-0.2, 0) is 7.05 Å². The smallest absolute Gasteiger partial charge is 0.274 e. The number of hydrogen-bond acceptors (Lipinski definition) is 3. The van der Waals surface area contributed by atoms with Crippen molar-refractivity contribution in [2.24, 2.45) is 29.3 Å². The SMILES string of the molecule is C=CN=Cc1nc(C(=O)N2CC3[C@@H]([C@H]2CC)C3(C)C)cn1C.O.O.[HH]. The molecule has 2 aliphatic rings. The normalized spacial score (nSPS) is 26.5. The van der Waals surface area contributed by atoms with Crippen molar-refractivity contribution in [2.75, 3.05) is 6.54 Å². The van der Waals surface area contributed by atoms with Crippen LogP contribution in [-0.4, -0.2) is 50.1 Å². The summed E-state index contributed by atoms with van der Waals surface area (Å²) in [7, 11) is 1.87. The fraction of sp³-hybridized carbons (Fsp3) is 0.588. The van der Waals surface area contributed by atoms with Gasteiger partial charge in [0.05, 0.1) is 6.21 Å². The quantitative estimate of drug-likeness (QED) is 0.765. The van der Waals surface area contributed by atoms with Gasteiger partial charge in [-0.25, -0.2) is 4.98 Å². The third-order valence-corrected chi connectivity index (χ3v) is 5.45. The highest BCUT2D eigenvalue weighted by molar-refractivity contribution is 5.94. The molecule has 0 aromatic carbocycles. The largest absolute Gasteiger partial charge is 0.412 e. The maximum atomic E-state index is 12.8. The van der Waals surface area contributed by atoms with Crippen LogP contribution in [0, 0.1) is 17.3 Å². The lowest BCUT2D eigenvalue weighted by molar-refractivity contribution is 0.0665. The number of aryl methyl sites for hydroxylation is 1. The van der Waals surface area contributed by atoms with Crippen LogP contribution in [0.25, 0.3) is 0 Å². The van der Waals surface area contributed by atoms with Crippen LogP contribution in [0.5, 0.6) is 0 Å². The summed E-state index contributed by atoms with van der Waals surface area (Å²) in [5, 5.41) is 0. The number of piperidine rings is 1. The Labute approximate surface area is 144 Å². The second kappa shape index (κ2) is 6.86. The van der Waals surface area contributed by atoms with Crippen LogP contribution in [0.15, 0.2) is 24.0 Å². The van der Waals surface area contributed by atoms with Crippen molar-refractivity contribution in [1.82, 2.24) is 14.5 Å². The van der Waals surface area contributed by atoms with E-state index >= 15 is 0 Å². The topological polar surface area (TPSA) is 113 Å². The van der Waals surface area contributed by atoms with E-state index in [0.29, 0.717) is 34.8 Å². The summed E-state index contributed by atoms with van der Waals surface area (Å²) >= 11 is 0. The molecule has 1 unspecified atom stereocenters. The summed E-state index contributed by atoms with van der Waals surface area (Å²) in [4.78, 5) is 23.2. The first-order valence-electron chi connectivity index (χ1n) is 7.90. The van der Waals surface area contributed by atoms with Crippen LogP contribution in [0.1, 0.15) is 44.9 Å². The van der Waals surface area contributed by atoms with Gasteiger partial charge in [-0.3, -0.25) is 9.79 Å². The minimum absolute atomic E-state index is 0. The fourth-order valence-corrected chi connectivity index (χ4v) is 4.12. The molecule has 2 heterocycles. The van der Waals surface area contributed by atoms with E-state index in [0.717, 1.165) is 13.0 Å². The predicted molar refractivity (Wildman–Crippen MR) is 96.2 cm³/mol. The molecule has 136 valence electrons. The van der Waals surface area contributed by atoms with Gasteiger partial charge in [0.25, 0.3) is 5.91 Å². The summed E-state index contributed by atoms with van der Waals surface area (Å²) in [5.41, 5.74) is 0.897. The number of aliphatic imine (C=N–C) groups is 1. The number of amides is 1. The Morgan fingerprint density at radius 3 is 2.79 bits per heavy atom. The van der Waals surface area contributed by atoms with E-state index in [-0.39, 0.29) is 18.3 Å². The standard InChI is InChI=1S/C17H24N4O.2H2O.H2/c1-6-13-15-11(17(15,3)4)9-21(13)16(22)12-10-20(5)14(19-12)8-18-7-2;;;/h7-8,10-11,13,15H,2,6,9H2,1,3-5H3;2*1H2;1H/t11?,13-,15+;;;/m1.../s1. The van der Waals surface area contributed by atoms with Gasteiger partial charge in [0.1, 0.15) is 5.69 Å². The molecule has 2 fully saturated rings. The van der Waals surface area contributed by atoms with Gasteiger partial charge < -0.3 is 20.4 Å². The molecule has 1 aliphatic carbocycles. The molecule has 1 saturated heterocycles. The van der Waals surface area contributed by atoms with E-state index in [2.05, 4.69) is 37.3 Å². The Morgan fingerprint density at radius 1 is 1.54 bits per heavy atom. The molecular formula is C17H30N4O3. The van der Waals surface area contributed by atoms with Gasteiger partial charge in [0.2, 0.25) is 0 Å². The number of rotatable bonds is 4. The summed E-state index contributed by atoms with van der Waals surface area (Å²) in [5.74, 6) is 2.00. The Morgan fingerprint density at radius 2 is 2.21 bits per heavy atom. The summed E-state index contributed by atoms with van der Waals surface area (Å²) in [6.45, 7) is 11.2. The zero-order valence-electron chi connectivity index (χ0n) is 14.8. The minimum atomic E-state index is 0. The number of hydrogen-bond donors (Lipinski definition) is 0. The average Bonchev–Trinajstić information content (AvgIpc) is 2.87. The number of nitrogens with zero attached hydrogens (tertiary/aromatic N) is 4. The van der Waals surface area contributed by atoms with Crippen molar-refractivity contribution >= 4 is 12.1 Å². The first-order valence-corrected chi connectivity index (χ1v) is 7.90. The monoisotopic (exact) mass is 338 g/mol. The molecule has 3 atom stereocenters. The van der Waals surface area contributed by atoms with Crippen LogP contribution < -0.4 is 0 Å². The van der Waals surface area contributed by atoms with Gasteiger partial charge in [-0.2, -0.15) is 0 Å². The summed E-state index contributed by atoms with van der Waals surface area (Å²) < 4.78 is 1.82. The van der Waals surface area contributed by atoms with E-state index in [9.17, 15) is 4.79 Å². The zero-order chi connectivity index (χ0) is 16.1. The van der Waals surface area contributed by atoms with E-state index in [1.807, 2.05) is 16.5 Å². The van der Waals surface area contributed by atoms with Gasteiger partial charge >= 0.3 is 0 Å². The molecule has 0 bridgehead atoms. The van der Waals surface area contributed by atoms with Crippen molar-refractivity contribution in [3.05, 3.63) is 30.5 Å². The number of aromatic nitrogens is 2. The lowest BCUT2D eigenvalue weighted by Gasteiger charge is -2.29. The molecule has 1 aromatic heterocycles. The second-order valence-electron chi connectivity index (χ2n) is 6.94. The zero-order valence-corrected chi connectivity index (χ0v) is 14.8. The molecule has 3 rings (SSSR count). The van der Waals surface area contributed by atoms with Gasteiger partial charge in [0.15, 0.2) is 5.82 Å². The van der Waals surface area contributed by atoms with E-state index < -0.39 is 0 Å². The Bertz CT molecular complexity index is 656. The molecule has 0 radical (unpaired) electrons. The van der Waals surface area contributed by atoms with Crippen molar-refractivity contribution in [2.45, 2.75) is 33.2 Å². The number of carbonyl (C=O) groups excluding carboxylic acids is 1. The molecule has 1 saturated carbocycles. The Balaban J connectivity index is 0.00000192. The second-order valence-corrected chi connectivity index (χ2v) is 6.94. The summed E-state index contributed by atoms with van der Waals surface area (Å²) in [6, 6.07) is 0.347. The van der Waals surface area contributed by atoms with E-state index in [4.69, 9.17) is 0 Å². The van der Waals surface area contributed by atoms with Crippen LogP contribution in [0.4, 0.5) is 0 Å². The molecule has 1 aromatic rings. The van der Waals surface area contributed by atoms with Gasteiger partial charge in [0, 0.05) is 33.5 Å². The average molecular weight is 338 g/mol. The first-order chi connectivity index (χ1) is 10.4. The first kappa shape index (κ1) is 20.1. The molecule has 1 amide bonds. The van der Waals surface area contributed by atoms with Crippen LogP contribution >= 0.6 is 0 Å². The highest BCUT2D eigenvalue weighted by Crippen LogP contribution is 2.65. The lowest BCUT2D eigenvalue weighted by Crippen LogP contribution is -2.40. The third kappa shape index (κ3) is 2.89. The van der Waals surface area contributed by atoms with Crippen LogP contribution in [0.3, 0.4) is 0 Å². The van der Waals surface area contributed by atoms with Crippen molar-refractivity contribution in [3.63, 3.8) is 0 Å². The Kier molecular flexibility index (Phi) is 5.74. The van der Waals surface area contributed by atoms with Gasteiger partial charge in [-0.05, 0) is 23.7 Å². The molecular weight excluding hydrogens is 308 g/mol. The lowest BCUT2D eigenvalue weighted by atomic mass is 9.99. The number of carbonyl (C=O) groups is 1.